The first-order chi connectivity index (χ1) is 17.7. The molecule has 3 aromatic carbocycles. The molecule has 0 saturated heterocycles. The molecule has 4 nitrogen and oxygen atoms in total. The molecular formula is C32H40O4Si. The zero-order chi connectivity index (χ0) is 26.6. The van der Waals surface area contributed by atoms with E-state index >= 15 is 0 Å². The van der Waals surface area contributed by atoms with E-state index in [0.717, 1.165) is 35.5 Å². The van der Waals surface area contributed by atoms with Crippen LogP contribution in [0.1, 0.15) is 81.8 Å². The number of esters is 1. The standard InChI is InChI=1S/C32H40O4Si/c1-22(2)37(23(3)4,24(5)6)36-28-16-14-27(15-17-28)32(33)35-29-18-19-31(30(20-29)26-12-13-26)34-21-25-10-8-7-9-11-25/h7-11,14-20,22-24,26H,12-13,21H2,1-6H3. The summed E-state index contributed by atoms with van der Waals surface area (Å²) in [6.07, 6.45) is 2.27. The third-order valence-electron chi connectivity index (χ3n) is 7.54. The van der Waals surface area contributed by atoms with Crippen molar-refractivity contribution in [3.05, 3.63) is 89.5 Å². The average Bonchev–Trinajstić information content (AvgIpc) is 3.72. The van der Waals surface area contributed by atoms with E-state index in [1.165, 1.54) is 0 Å². The van der Waals surface area contributed by atoms with Crippen molar-refractivity contribution in [1.82, 2.24) is 0 Å². The lowest BCUT2D eigenvalue weighted by Crippen LogP contribution is -2.50. The van der Waals surface area contributed by atoms with E-state index in [1.807, 2.05) is 48.5 Å². The zero-order valence-electron chi connectivity index (χ0n) is 23.0. The van der Waals surface area contributed by atoms with Gasteiger partial charge in [-0.25, -0.2) is 4.79 Å². The van der Waals surface area contributed by atoms with Crippen molar-refractivity contribution < 1.29 is 18.7 Å². The van der Waals surface area contributed by atoms with E-state index in [9.17, 15) is 4.79 Å². The van der Waals surface area contributed by atoms with Gasteiger partial charge in [-0.3, -0.25) is 0 Å². The minimum absolute atomic E-state index is 0.369. The highest BCUT2D eigenvalue weighted by molar-refractivity contribution is 6.78. The number of rotatable bonds is 11. The number of benzene rings is 3. The van der Waals surface area contributed by atoms with Gasteiger partial charge in [0.1, 0.15) is 23.9 Å². The first kappa shape index (κ1) is 27.0. The maximum Gasteiger partial charge on any atom is 0.343 e. The molecule has 0 aromatic heterocycles. The van der Waals surface area contributed by atoms with Crippen LogP contribution in [0, 0.1) is 0 Å². The van der Waals surface area contributed by atoms with Crippen LogP contribution in [0.2, 0.25) is 16.6 Å². The summed E-state index contributed by atoms with van der Waals surface area (Å²) in [7, 11) is -2.05. The molecular weight excluding hydrogens is 476 g/mol. The Kier molecular flexibility index (Phi) is 8.43. The Morgan fingerprint density at radius 1 is 0.811 bits per heavy atom. The summed E-state index contributed by atoms with van der Waals surface area (Å²) in [5.41, 5.74) is 4.20. The van der Waals surface area contributed by atoms with Crippen molar-refractivity contribution in [2.45, 2.75) is 83.5 Å². The lowest BCUT2D eigenvalue weighted by Gasteiger charge is -2.42. The molecule has 1 aliphatic rings. The molecule has 1 aliphatic carbocycles. The van der Waals surface area contributed by atoms with Gasteiger partial charge in [0.05, 0.1) is 5.56 Å². The van der Waals surface area contributed by atoms with Crippen LogP contribution >= 0.6 is 0 Å². The van der Waals surface area contributed by atoms with Crippen molar-refractivity contribution in [3.63, 3.8) is 0 Å². The largest absolute Gasteiger partial charge is 0.543 e. The van der Waals surface area contributed by atoms with Gasteiger partial charge in [0.15, 0.2) is 0 Å². The molecule has 5 heteroatoms. The Morgan fingerprint density at radius 3 is 1.97 bits per heavy atom. The van der Waals surface area contributed by atoms with Crippen molar-refractivity contribution in [1.29, 1.82) is 0 Å². The fourth-order valence-corrected chi connectivity index (χ4v) is 10.8. The first-order valence-corrected chi connectivity index (χ1v) is 15.7. The minimum Gasteiger partial charge on any atom is -0.543 e. The van der Waals surface area contributed by atoms with Crippen molar-refractivity contribution in [2.75, 3.05) is 0 Å². The van der Waals surface area contributed by atoms with Gasteiger partial charge in [-0.15, -0.1) is 0 Å². The van der Waals surface area contributed by atoms with Gasteiger partial charge in [-0.2, -0.15) is 0 Å². The van der Waals surface area contributed by atoms with Gasteiger partial charge in [-0.05, 0) is 83.4 Å². The quantitative estimate of drug-likeness (QED) is 0.145. The van der Waals surface area contributed by atoms with Gasteiger partial charge in [0.2, 0.25) is 0 Å². The molecule has 0 spiro atoms. The summed E-state index contributed by atoms with van der Waals surface area (Å²) >= 11 is 0. The van der Waals surface area contributed by atoms with Crippen molar-refractivity contribution in [3.8, 4) is 17.2 Å². The van der Waals surface area contributed by atoms with Gasteiger partial charge in [0.25, 0.3) is 8.32 Å². The van der Waals surface area contributed by atoms with Crippen LogP contribution in [0.3, 0.4) is 0 Å². The molecule has 0 unspecified atom stereocenters. The van der Waals surface area contributed by atoms with Crippen LogP contribution in [0.4, 0.5) is 0 Å². The third-order valence-corrected chi connectivity index (χ3v) is 13.5. The topological polar surface area (TPSA) is 44.8 Å². The fraction of sp³-hybridized carbons (Fsp3) is 0.406. The Morgan fingerprint density at radius 2 is 1.41 bits per heavy atom. The second kappa shape index (κ2) is 11.6. The molecule has 0 N–H and O–H groups in total. The Labute approximate surface area is 223 Å². The second-order valence-corrected chi connectivity index (χ2v) is 16.5. The molecule has 196 valence electrons. The Bertz CT molecular complexity index is 1160. The molecule has 1 saturated carbocycles. The molecule has 0 bridgehead atoms. The predicted octanol–water partition coefficient (Wildman–Crippen LogP) is 8.92. The normalized spacial score (nSPS) is 13.8. The van der Waals surface area contributed by atoms with Gasteiger partial charge < -0.3 is 13.9 Å². The molecule has 0 atom stereocenters. The van der Waals surface area contributed by atoms with E-state index in [2.05, 4.69) is 53.7 Å². The molecule has 37 heavy (non-hydrogen) atoms. The van der Waals surface area contributed by atoms with Gasteiger partial charge in [0, 0.05) is 5.56 Å². The molecule has 0 aliphatic heterocycles. The van der Waals surface area contributed by atoms with Crippen LogP contribution in [-0.2, 0) is 6.61 Å². The summed E-state index contributed by atoms with van der Waals surface area (Å²) in [6, 6.07) is 23.2. The monoisotopic (exact) mass is 516 g/mol. The Balaban J connectivity index is 1.44. The highest BCUT2D eigenvalue weighted by atomic mass is 28.4. The predicted molar refractivity (Wildman–Crippen MR) is 152 cm³/mol. The number of carbonyl (C=O) groups excluding carboxylic acids is 1. The van der Waals surface area contributed by atoms with E-state index in [1.54, 1.807) is 12.1 Å². The van der Waals surface area contributed by atoms with Crippen LogP contribution in [0.25, 0.3) is 0 Å². The van der Waals surface area contributed by atoms with Crippen molar-refractivity contribution >= 4 is 14.3 Å². The highest BCUT2D eigenvalue weighted by Crippen LogP contribution is 2.46. The van der Waals surface area contributed by atoms with E-state index in [-0.39, 0.29) is 5.97 Å². The maximum atomic E-state index is 12.9. The number of hydrogen-bond donors (Lipinski definition) is 0. The highest BCUT2D eigenvalue weighted by Gasteiger charge is 2.47. The molecule has 3 aromatic rings. The summed E-state index contributed by atoms with van der Waals surface area (Å²) < 4.78 is 18.6. The Hall–Kier alpha value is -3.05. The lowest BCUT2D eigenvalue weighted by atomic mass is 10.1. The number of ether oxygens (including phenoxy) is 2. The smallest absolute Gasteiger partial charge is 0.343 e. The minimum atomic E-state index is -2.05. The molecule has 0 heterocycles. The molecule has 0 amide bonds. The summed E-state index contributed by atoms with van der Waals surface area (Å²) in [6.45, 7) is 14.1. The molecule has 0 radical (unpaired) electrons. The van der Waals surface area contributed by atoms with Crippen molar-refractivity contribution in [2.24, 2.45) is 0 Å². The average molecular weight is 517 g/mol. The zero-order valence-corrected chi connectivity index (χ0v) is 24.0. The van der Waals surface area contributed by atoms with E-state index in [4.69, 9.17) is 13.9 Å². The maximum absolute atomic E-state index is 12.9. The summed E-state index contributed by atoms with van der Waals surface area (Å²) in [5, 5.41) is 0. The van der Waals surface area contributed by atoms with E-state index in [0.29, 0.717) is 40.5 Å². The first-order valence-electron chi connectivity index (χ1n) is 13.5. The fourth-order valence-electron chi connectivity index (χ4n) is 5.55. The van der Waals surface area contributed by atoms with Gasteiger partial charge in [-0.1, -0.05) is 71.9 Å². The lowest BCUT2D eigenvalue weighted by molar-refractivity contribution is 0.0734. The van der Waals surface area contributed by atoms with Crippen LogP contribution in [0.5, 0.6) is 17.2 Å². The second-order valence-electron chi connectivity index (χ2n) is 11.1. The number of hydrogen-bond acceptors (Lipinski definition) is 4. The SMILES string of the molecule is CC(C)[Si](Oc1ccc(C(=O)Oc2ccc(OCc3ccccc3)c(C3CC3)c2)cc1)(C(C)C)C(C)C. The summed E-state index contributed by atoms with van der Waals surface area (Å²) in [4.78, 5) is 12.9. The van der Waals surface area contributed by atoms with Crippen LogP contribution in [-0.4, -0.2) is 14.3 Å². The third kappa shape index (κ3) is 6.27. The van der Waals surface area contributed by atoms with Gasteiger partial charge >= 0.3 is 5.97 Å². The molecule has 1 fully saturated rings. The number of carbonyl (C=O) groups is 1. The molecule has 4 rings (SSSR count). The van der Waals surface area contributed by atoms with Crippen LogP contribution < -0.4 is 13.9 Å². The summed E-state index contributed by atoms with van der Waals surface area (Å²) in [5.74, 6) is 2.33. The van der Waals surface area contributed by atoms with E-state index < -0.39 is 8.32 Å². The van der Waals surface area contributed by atoms with Crippen LogP contribution in [0.15, 0.2) is 72.8 Å².